The van der Waals surface area contributed by atoms with Gasteiger partial charge in [-0.1, -0.05) is 63.4 Å². The van der Waals surface area contributed by atoms with E-state index < -0.39 is 30.6 Å². The molecule has 0 atom stereocenters. The third kappa shape index (κ3) is 8.77. The molecule has 2 aromatic rings. The lowest BCUT2D eigenvalue weighted by molar-refractivity contribution is -0.140. The molecular weight excluding hydrogens is 476 g/mol. The van der Waals surface area contributed by atoms with Crippen LogP contribution in [0, 0.1) is 0 Å². The van der Waals surface area contributed by atoms with E-state index in [9.17, 15) is 9.59 Å². The van der Waals surface area contributed by atoms with Crippen molar-refractivity contribution in [2.24, 2.45) is 0 Å². The number of esters is 2. The van der Waals surface area contributed by atoms with Gasteiger partial charge in [-0.2, -0.15) is 0 Å². The second-order valence-corrected chi connectivity index (χ2v) is 8.82. The molecule has 2 N–H and O–H groups in total. The molecule has 0 aliphatic rings. The number of benzene rings is 2. The van der Waals surface area contributed by atoms with Gasteiger partial charge in [-0.05, 0) is 12.1 Å². The normalized spacial score (nSPS) is 10.9. The van der Waals surface area contributed by atoms with Crippen molar-refractivity contribution in [3.63, 3.8) is 0 Å². The van der Waals surface area contributed by atoms with E-state index in [4.69, 9.17) is 29.2 Å². The maximum absolute atomic E-state index is 11.6. The van der Waals surface area contributed by atoms with Crippen LogP contribution in [0.15, 0.2) is 72.8 Å². The molecule has 0 amide bonds. The van der Waals surface area contributed by atoms with Crippen LogP contribution in [0.5, 0.6) is 11.5 Å². The quantitative estimate of drug-likeness (QED) is 0.199. The fraction of sp³-hybridized carbons (Fsp3) is 0.379. The summed E-state index contributed by atoms with van der Waals surface area (Å²) in [5, 5.41) is 17.9. The predicted molar refractivity (Wildman–Crippen MR) is 140 cm³/mol. The molecule has 0 aliphatic heterocycles. The summed E-state index contributed by atoms with van der Waals surface area (Å²) in [5.41, 5.74) is 1.50. The zero-order chi connectivity index (χ0) is 27.3. The van der Waals surface area contributed by atoms with Crippen molar-refractivity contribution in [2.75, 3.05) is 39.6 Å². The highest BCUT2D eigenvalue weighted by Gasteiger charge is 2.29. The second-order valence-electron chi connectivity index (χ2n) is 8.82. The van der Waals surface area contributed by atoms with Crippen molar-refractivity contribution in [1.82, 2.24) is 0 Å². The predicted octanol–water partition coefficient (Wildman–Crippen LogP) is 3.73. The number of hydrogen-bond acceptors (Lipinski definition) is 8. The third-order valence-electron chi connectivity index (χ3n) is 5.64. The molecule has 8 heteroatoms. The van der Waals surface area contributed by atoms with Crippen LogP contribution in [-0.4, -0.2) is 61.8 Å². The van der Waals surface area contributed by atoms with Gasteiger partial charge in [-0.25, -0.2) is 9.59 Å². The van der Waals surface area contributed by atoms with E-state index in [1.54, 1.807) is 0 Å². The van der Waals surface area contributed by atoms with Gasteiger partial charge in [0.15, 0.2) is 0 Å². The molecule has 0 heterocycles. The Labute approximate surface area is 218 Å². The van der Waals surface area contributed by atoms with E-state index in [-0.39, 0.29) is 24.4 Å². The lowest BCUT2D eigenvalue weighted by Gasteiger charge is -2.30. The number of hydrogen-bond donors (Lipinski definition) is 2. The molecule has 0 bridgehead atoms. The van der Waals surface area contributed by atoms with Crippen LogP contribution in [-0.2, 0) is 24.5 Å². The van der Waals surface area contributed by atoms with Crippen LogP contribution < -0.4 is 9.47 Å². The number of carbonyl (C=O) groups excluding carboxylic acids is 2. The third-order valence-corrected chi connectivity index (χ3v) is 5.64. The Morgan fingerprint density at radius 2 is 1.08 bits per heavy atom. The fourth-order valence-corrected chi connectivity index (χ4v) is 3.51. The summed E-state index contributed by atoms with van der Waals surface area (Å²) < 4.78 is 22.2. The first-order valence-corrected chi connectivity index (χ1v) is 12.1. The summed E-state index contributed by atoms with van der Waals surface area (Å²) in [5.74, 6) is 0.192. The van der Waals surface area contributed by atoms with Crippen molar-refractivity contribution >= 4 is 11.9 Å². The van der Waals surface area contributed by atoms with Gasteiger partial charge in [-0.3, -0.25) is 0 Å². The van der Waals surface area contributed by atoms with Crippen molar-refractivity contribution in [3.8, 4) is 11.5 Å². The Morgan fingerprint density at radius 3 is 1.46 bits per heavy atom. The SMILES string of the molecule is C=C(CO)C(=O)OCCCOc1ccccc1C(C)(C)c1ccccc1OCCCOC(=O)C(=C)CO. The molecule has 0 aromatic heterocycles. The zero-order valence-corrected chi connectivity index (χ0v) is 21.5. The van der Waals surface area contributed by atoms with Crippen LogP contribution in [0.2, 0.25) is 0 Å². The number of para-hydroxylation sites is 2. The summed E-state index contributed by atoms with van der Waals surface area (Å²) in [4.78, 5) is 23.2. The van der Waals surface area contributed by atoms with Gasteiger partial charge in [0.25, 0.3) is 0 Å². The average Bonchev–Trinajstić information content (AvgIpc) is 2.91. The maximum Gasteiger partial charge on any atom is 0.335 e. The second kappa shape index (κ2) is 14.8. The molecular formula is C29H36O8. The van der Waals surface area contributed by atoms with Gasteiger partial charge in [-0.15, -0.1) is 0 Å². The molecule has 0 saturated heterocycles. The first kappa shape index (κ1) is 29.6. The van der Waals surface area contributed by atoms with Crippen molar-refractivity contribution < 1.29 is 38.7 Å². The van der Waals surface area contributed by atoms with E-state index >= 15 is 0 Å². The number of carbonyl (C=O) groups is 2. The standard InChI is InChI=1S/C29H36O8/c1-21(19-30)27(32)36-17-9-15-34-25-13-7-5-11-23(25)29(3,4)24-12-6-8-14-26(24)35-16-10-18-37-28(33)22(2)20-31/h5-8,11-14,30-31H,1-2,9-10,15-20H2,3-4H3. The first-order valence-electron chi connectivity index (χ1n) is 12.1. The molecule has 0 radical (unpaired) electrons. The summed E-state index contributed by atoms with van der Waals surface area (Å²) in [7, 11) is 0. The topological polar surface area (TPSA) is 112 Å². The molecule has 0 fully saturated rings. The van der Waals surface area contributed by atoms with Crippen LogP contribution in [0.1, 0.15) is 37.8 Å². The van der Waals surface area contributed by atoms with Gasteiger partial charge in [0, 0.05) is 29.4 Å². The van der Waals surface area contributed by atoms with E-state index in [2.05, 4.69) is 27.0 Å². The van der Waals surface area contributed by atoms with E-state index in [0.29, 0.717) is 37.6 Å². The highest BCUT2D eigenvalue weighted by molar-refractivity contribution is 5.88. The van der Waals surface area contributed by atoms with Gasteiger partial charge in [0.1, 0.15) is 11.5 Å². The monoisotopic (exact) mass is 512 g/mol. The fourth-order valence-electron chi connectivity index (χ4n) is 3.51. The number of aliphatic hydroxyl groups excluding tert-OH is 2. The minimum absolute atomic E-state index is 0.0162. The molecule has 37 heavy (non-hydrogen) atoms. The van der Waals surface area contributed by atoms with E-state index in [1.165, 1.54) is 0 Å². The highest BCUT2D eigenvalue weighted by Crippen LogP contribution is 2.41. The van der Waals surface area contributed by atoms with E-state index in [1.807, 2.05) is 48.5 Å². The molecule has 0 unspecified atom stereocenters. The van der Waals surface area contributed by atoms with Crippen molar-refractivity contribution in [2.45, 2.75) is 32.1 Å². The Morgan fingerprint density at radius 1 is 0.703 bits per heavy atom. The Balaban J connectivity index is 2.01. The molecule has 2 aromatic carbocycles. The molecule has 0 aliphatic carbocycles. The van der Waals surface area contributed by atoms with Crippen LogP contribution in [0.25, 0.3) is 0 Å². The molecule has 8 nitrogen and oxygen atoms in total. The smallest absolute Gasteiger partial charge is 0.335 e. The maximum atomic E-state index is 11.6. The lowest BCUT2D eigenvalue weighted by Crippen LogP contribution is -2.22. The number of aliphatic hydroxyl groups is 2. The molecule has 200 valence electrons. The largest absolute Gasteiger partial charge is 0.493 e. The van der Waals surface area contributed by atoms with Crippen LogP contribution >= 0.6 is 0 Å². The minimum atomic E-state index is -0.616. The van der Waals surface area contributed by atoms with E-state index in [0.717, 1.165) is 11.1 Å². The Kier molecular flexibility index (Phi) is 11.9. The lowest BCUT2D eigenvalue weighted by atomic mass is 9.77. The van der Waals surface area contributed by atoms with Crippen LogP contribution in [0.4, 0.5) is 0 Å². The van der Waals surface area contributed by atoms with Gasteiger partial charge < -0.3 is 29.2 Å². The van der Waals surface area contributed by atoms with Crippen molar-refractivity contribution in [1.29, 1.82) is 0 Å². The van der Waals surface area contributed by atoms with Crippen molar-refractivity contribution in [3.05, 3.63) is 84.0 Å². The Bertz CT molecular complexity index is 990. The molecule has 0 spiro atoms. The summed E-state index contributed by atoms with van der Waals surface area (Å²) in [6, 6.07) is 15.5. The summed E-state index contributed by atoms with van der Waals surface area (Å²) in [6.07, 6.45) is 0.963. The van der Waals surface area contributed by atoms with Gasteiger partial charge >= 0.3 is 11.9 Å². The average molecular weight is 513 g/mol. The Hall–Kier alpha value is -3.62. The minimum Gasteiger partial charge on any atom is -0.493 e. The molecule has 2 rings (SSSR count). The number of rotatable bonds is 16. The van der Waals surface area contributed by atoms with Crippen LogP contribution in [0.3, 0.4) is 0 Å². The first-order chi connectivity index (χ1) is 17.7. The number of ether oxygens (including phenoxy) is 4. The zero-order valence-electron chi connectivity index (χ0n) is 21.5. The van der Waals surface area contributed by atoms with Gasteiger partial charge in [0.05, 0.1) is 50.8 Å². The van der Waals surface area contributed by atoms with Gasteiger partial charge in [0.2, 0.25) is 0 Å². The summed E-state index contributed by atoms with van der Waals surface area (Å²) in [6.45, 7) is 11.2. The highest BCUT2D eigenvalue weighted by atomic mass is 16.5. The summed E-state index contributed by atoms with van der Waals surface area (Å²) >= 11 is 0. The molecule has 0 saturated carbocycles.